The Balaban J connectivity index is 2.56. The van der Waals surface area contributed by atoms with Gasteiger partial charge in [-0.1, -0.05) is 39.0 Å². The van der Waals surface area contributed by atoms with E-state index in [2.05, 4.69) is 47.0 Å². The van der Waals surface area contributed by atoms with Crippen molar-refractivity contribution in [1.29, 1.82) is 0 Å². The highest BCUT2D eigenvalue weighted by Crippen LogP contribution is 2.39. The zero-order chi connectivity index (χ0) is 16.3. The maximum Gasteiger partial charge on any atom is 0.178 e. The van der Waals surface area contributed by atoms with E-state index in [1.807, 2.05) is 18.2 Å². The number of aromatic hydroxyl groups is 1. The zero-order valence-electron chi connectivity index (χ0n) is 14.8. The summed E-state index contributed by atoms with van der Waals surface area (Å²) in [6, 6.07) is 8.79. The normalized spacial score (nSPS) is 13.5. The van der Waals surface area contributed by atoms with Gasteiger partial charge in [-0.2, -0.15) is 0 Å². The quantitative estimate of drug-likeness (QED) is 0.695. The lowest BCUT2D eigenvalue weighted by Crippen LogP contribution is -2.49. The van der Waals surface area contributed by atoms with Crippen LogP contribution in [0.4, 0.5) is 0 Å². The summed E-state index contributed by atoms with van der Waals surface area (Å²) in [5.74, 6) is 0.419. The second-order valence-corrected chi connectivity index (χ2v) is 17.5. The van der Waals surface area contributed by atoms with E-state index in [9.17, 15) is 5.11 Å². The molecule has 120 valence electrons. The van der Waals surface area contributed by atoms with Gasteiger partial charge in [-0.15, -0.1) is 0 Å². The van der Waals surface area contributed by atoms with Crippen molar-refractivity contribution in [2.45, 2.75) is 70.9 Å². The monoisotopic (exact) mass is 324 g/mol. The molecule has 1 aromatic carbocycles. The van der Waals surface area contributed by atoms with Gasteiger partial charge in [-0.25, -0.2) is 0 Å². The van der Waals surface area contributed by atoms with Crippen LogP contribution in [0.5, 0.6) is 5.75 Å². The number of para-hydroxylation sites is 1. The molecule has 1 N–H and O–H groups in total. The molecule has 0 atom stereocenters. The molecule has 21 heavy (non-hydrogen) atoms. The second kappa shape index (κ2) is 6.67. The van der Waals surface area contributed by atoms with Gasteiger partial charge >= 0.3 is 0 Å². The summed E-state index contributed by atoms with van der Waals surface area (Å²) in [6.07, 6.45) is 2.02. The Morgan fingerprint density at radius 2 is 1.62 bits per heavy atom. The standard InChI is InChI=1S/C17H32O2Si2/c1-17(2,3)21(6,7)19-20(4,5)14-10-12-15-11-8-9-13-16(15)18/h8-9,11,13,18H,10,12,14H2,1-7H3. The predicted octanol–water partition coefficient (Wildman–Crippen LogP) is 5.55. The first-order valence-corrected chi connectivity index (χ1v) is 13.9. The van der Waals surface area contributed by atoms with Crippen LogP contribution in [0.15, 0.2) is 24.3 Å². The molecule has 1 rings (SSSR count). The first-order valence-electron chi connectivity index (χ1n) is 7.92. The van der Waals surface area contributed by atoms with Crippen LogP contribution >= 0.6 is 0 Å². The van der Waals surface area contributed by atoms with E-state index in [-0.39, 0.29) is 5.04 Å². The minimum absolute atomic E-state index is 0.273. The Morgan fingerprint density at radius 1 is 1.05 bits per heavy atom. The second-order valence-electron chi connectivity index (χ2n) is 8.10. The molecule has 0 aliphatic carbocycles. The predicted molar refractivity (Wildman–Crippen MR) is 97.0 cm³/mol. The van der Waals surface area contributed by atoms with E-state index in [0.717, 1.165) is 24.4 Å². The highest BCUT2D eigenvalue weighted by atomic mass is 28.4. The highest BCUT2D eigenvalue weighted by molar-refractivity contribution is 6.86. The topological polar surface area (TPSA) is 29.5 Å². The molecule has 4 heteroatoms. The third-order valence-corrected chi connectivity index (χ3v) is 14.0. The molecular formula is C17H32O2Si2. The molecule has 0 radical (unpaired) electrons. The van der Waals surface area contributed by atoms with Crippen LogP contribution in [0.2, 0.25) is 37.3 Å². The minimum Gasteiger partial charge on any atom is -0.508 e. The minimum atomic E-state index is -1.67. The van der Waals surface area contributed by atoms with Crippen molar-refractivity contribution in [3.8, 4) is 5.75 Å². The number of hydrogen-bond donors (Lipinski definition) is 1. The van der Waals surface area contributed by atoms with Crippen LogP contribution in [0.25, 0.3) is 0 Å². The number of aryl methyl sites for hydroxylation is 1. The molecule has 0 saturated carbocycles. The van der Waals surface area contributed by atoms with Gasteiger partial charge in [0.05, 0.1) is 0 Å². The Bertz CT molecular complexity index is 462. The van der Waals surface area contributed by atoms with Gasteiger partial charge in [-0.05, 0) is 61.7 Å². The number of benzene rings is 1. The average molecular weight is 325 g/mol. The van der Waals surface area contributed by atoms with Crippen molar-refractivity contribution in [1.82, 2.24) is 0 Å². The van der Waals surface area contributed by atoms with E-state index < -0.39 is 16.6 Å². The summed E-state index contributed by atoms with van der Waals surface area (Å²) < 4.78 is 6.67. The van der Waals surface area contributed by atoms with Crippen LogP contribution in [-0.4, -0.2) is 21.7 Å². The zero-order valence-corrected chi connectivity index (χ0v) is 16.8. The van der Waals surface area contributed by atoms with E-state index in [0.29, 0.717) is 5.75 Å². The largest absolute Gasteiger partial charge is 0.508 e. The molecule has 0 heterocycles. The fourth-order valence-electron chi connectivity index (χ4n) is 2.32. The van der Waals surface area contributed by atoms with Crippen LogP contribution in [0, 0.1) is 0 Å². The molecule has 0 fully saturated rings. The highest BCUT2D eigenvalue weighted by Gasteiger charge is 2.41. The summed E-state index contributed by atoms with van der Waals surface area (Å²) >= 11 is 0. The molecule has 0 amide bonds. The lowest BCUT2D eigenvalue weighted by Gasteiger charge is -2.42. The molecule has 0 aromatic heterocycles. The summed E-state index contributed by atoms with van der Waals surface area (Å²) in [4.78, 5) is 0. The van der Waals surface area contributed by atoms with Crippen molar-refractivity contribution in [2.24, 2.45) is 0 Å². The van der Waals surface area contributed by atoms with Gasteiger partial charge in [0.2, 0.25) is 0 Å². The van der Waals surface area contributed by atoms with E-state index >= 15 is 0 Å². The van der Waals surface area contributed by atoms with Crippen molar-refractivity contribution < 1.29 is 9.22 Å². The Kier molecular flexibility index (Phi) is 5.86. The SMILES string of the molecule is CC(C)(C)[Si](C)(C)O[Si](C)(C)CCCc1ccccc1O. The van der Waals surface area contributed by atoms with Crippen molar-refractivity contribution >= 4 is 16.6 Å². The molecule has 0 spiro atoms. The van der Waals surface area contributed by atoms with Crippen LogP contribution in [0.1, 0.15) is 32.8 Å². The van der Waals surface area contributed by atoms with Crippen molar-refractivity contribution in [3.63, 3.8) is 0 Å². The summed E-state index contributed by atoms with van der Waals surface area (Å²) in [6.45, 7) is 16.2. The van der Waals surface area contributed by atoms with Gasteiger partial charge < -0.3 is 9.22 Å². The third-order valence-electron chi connectivity index (χ3n) is 4.55. The summed E-state index contributed by atoms with van der Waals surface area (Å²) in [5.41, 5.74) is 1.05. The molecular weight excluding hydrogens is 292 g/mol. The van der Waals surface area contributed by atoms with Crippen molar-refractivity contribution in [2.75, 3.05) is 0 Å². The van der Waals surface area contributed by atoms with E-state index in [1.165, 1.54) is 0 Å². The third kappa shape index (κ3) is 5.60. The number of hydrogen-bond acceptors (Lipinski definition) is 2. The van der Waals surface area contributed by atoms with Gasteiger partial charge in [0.25, 0.3) is 0 Å². The smallest absolute Gasteiger partial charge is 0.178 e. The molecule has 0 aliphatic heterocycles. The van der Waals surface area contributed by atoms with E-state index in [4.69, 9.17) is 4.12 Å². The molecule has 0 bridgehead atoms. The van der Waals surface area contributed by atoms with Gasteiger partial charge in [0.15, 0.2) is 16.6 Å². The van der Waals surface area contributed by atoms with Crippen LogP contribution in [0.3, 0.4) is 0 Å². The lowest BCUT2D eigenvalue weighted by molar-refractivity contribution is 0.465. The Morgan fingerprint density at radius 3 is 2.14 bits per heavy atom. The Labute approximate surface area is 132 Å². The number of phenols is 1. The van der Waals surface area contributed by atoms with Crippen LogP contribution < -0.4 is 0 Å². The van der Waals surface area contributed by atoms with E-state index in [1.54, 1.807) is 6.07 Å². The molecule has 1 aromatic rings. The first-order chi connectivity index (χ1) is 9.45. The average Bonchev–Trinajstić information content (AvgIpc) is 2.28. The van der Waals surface area contributed by atoms with Crippen LogP contribution in [-0.2, 0) is 10.5 Å². The fourth-order valence-corrected chi connectivity index (χ4v) is 10.5. The fraction of sp³-hybridized carbons (Fsp3) is 0.647. The molecule has 2 nitrogen and oxygen atoms in total. The molecule has 0 saturated heterocycles. The maximum atomic E-state index is 9.82. The maximum absolute atomic E-state index is 9.82. The van der Waals surface area contributed by atoms with Gasteiger partial charge in [-0.3, -0.25) is 0 Å². The number of rotatable bonds is 6. The Hall–Kier alpha value is -0.586. The summed E-state index contributed by atoms with van der Waals surface area (Å²) in [5, 5.41) is 10.1. The lowest BCUT2D eigenvalue weighted by atomic mass is 10.1. The van der Waals surface area contributed by atoms with Gasteiger partial charge in [0, 0.05) is 0 Å². The molecule has 0 unspecified atom stereocenters. The van der Waals surface area contributed by atoms with Gasteiger partial charge in [0.1, 0.15) is 5.75 Å². The van der Waals surface area contributed by atoms with Crippen molar-refractivity contribution in [3.05, 3.63) is 29.8 Å². The molecule has 0 aliphatic rings. The first kappa shape index (κ1) is 18.5. The summed E-state index contributed by atoms with van der Waals surface area (Å²) in [7, 11) is -3.31. The number of phenolic OH excluding ortho intramolecular Hbond substituents is 1.